The Labute approximate surface area is 75.3 Å². The monoisotopic (exact) mass is 184 g/mol. The smallest absolute Gasteiger partial charge is 0.252 e. The number of hydrogen-bond donors (Lipinski definition) is 2. The predicted octanol–water partition coefficient (Wildman–Crippen LogP) is 1.33. The van der Waals surface area contributed by atoms with E-state index in [4.69, 9.17) is 23.1 Å². The number of amides is 1. The van der Waals surface area contributed by atoms with Crippen molar-refractivity contribution in [2.75, 3.05) is 5.73 Å². The fourth-order valence-corrected chi connectivity index (χ4v) is 1.21. The number of nitrogens with two attached hydrogens (primary N) is 2. The molecule has 4 N–H and O–H groups in total. The highest BCUT2D eigenvalue weighted by atomic mass is 35.5. The van der Waals surface area contributed by atoms with Crippen LogP contribution in [0.3, 0.4) is 0 Å². The molecule has 0 radical (unpaired) electrons. The van der Waals surface area contributed by atoms with Crippen LogP contribution in [0.4, 0.5) is 5.69 Å². The molecule has 0 atom stereocenters. The average Bonchev–Trinajstić information content (AvgIpc) is 1.97. The Balaban J connectivity index is 3.43. The molecule has 0 heterocycles. The Morgan fingerprint density at radius 3 is 2.50 bits per heavy atom. The van der Waals surface area contributed by atoms with Crippen molar-refractivity contribution in [1.29, 1.82) is 0 Å². The van der Waals surface area contributed by atoms with E-state index in [1.807, 2.05) is 0 Å². The number of rotatable bonds is 1. The first-order valence-electron chi connectivity index (χ1n) is 3.38. The van der Waals surface area contributed by atoms with Crippen molar-refractivity contribution < 1.29 is 4.79 Å². The zero-order valence-electron chi connectivity index (χ0n) is 6.60. The van der Waals surface area contributed by atoms with Crippen LogP contribution in [0.2, 0.25) is 5.02 Å². The third kappa shape index (κ3) is 1.36. The van der Waals surface area contributed by atoms with Gasteiger partial charge in [0.1, 0.15) is 0 Å². The van der Waals surface area contributed by atoms with E-state index in [2.05, 4.69) is 0 Å². The molecule has 3 nitrogen and oxygen atoms in total. The third-order valence-electron chi connectivity index (χ3n) is 1.66. The lowest BCUT2D eigenvalue weighted by Gasteiger charge is -2.06. The highest BCUT2D eigenvalue weighted by Crippen LogP contribution is 2.24. The topological polar surface area (TPSA) is 69.1 Å². The minimum atomic E-state index is -0.596. The summed E-state index contributed by atoms with van der Waals surface area (Å²) < 4.78 is 0. The molecule has 0 spiro atoms. The Morgan fingerprint density at radius 2 is 2.08 bits per heavy atom. The Kier molecular flexibility index (Phi) is 2.24. The van der Waals surface area contributed by atoms with Crippen molar-refractivity contribution in [3.05, 3.63) is 28.3 Å². The van der Waals surface area contributed by atoms with Crippen molar-refractivity contribution in [3.63, 3.8) is 0 Å². The summed E-state index contributed by atoms with van der Waals surface area (Å²) in [5.41, 5.74) is 12.0. The zero-order valence-corrected chi connectivity index (χ0v) is 7.35. The molecule has 1 aromatic carbocycles. The normalized spacial score (nSPS) is 9.83. The SMILES string of the molecule is Cc1ccc(Cl)c(C(N)=O)c1N. The molecule has 64 valence electrons. The van der Waals surface area contributed by atoms with Gasteiger partial charge in [0.05, 0.1) is 10.6 Å². The maximum atomic E-state index is 10.9. The Bertz CT molecular complexity index is 336. The van der Waals surface area contributed by atoms with Gasteiger partial charge in [-0.3, -0.25) is 4.79 Å². The number of halogens is 1. The molecule has 0 aliphatic heterocycles. The van der Waals surface area contributed by atoms with Crippen LogP contribution in [0.1, 0.15) is 15.9 Å². The van der Waals surface area contributed by atoms with E-state index in [-0.39, 0.29) is 5.56 Å². The van der Waals surface area contributed by atoms with E-state index in [1.165, 1.54) is 0 Å². The number of anilines is 1. The molecule has 0 bridgehead atoms. The molecule has 0 aromatic heterocycles. The first-order valence-corrected chi connectivity index (χ1v) is 3.76. The summed E-state index contributed by atoms with van der Waals surface area (Å²) in [6, 6.07) is 3.34. The number of nitrogen functional groups attached to an aromatic ring is 1. The zero-order chi connectivity index (χ0) is 9.30. The number of aryl methyl sites for hydroxylation is 1. The summed E-state index contributed by atoms with van der Waals surface area (Å²) >= 11 is 5.72. The molecule has 1 aromatic rings. The summed E-state index contributed by atoms with van der Waals surface area (Å²) in [7, 11) is 0. The van der Waals surface area contributed by atoms with Crippen LogP contribution in [-0.2, 0) is 0 Å². The first-order chi connectivity index (χ1) is 5.54. The van der Waals surface area contributed by atoms with Gasteiger partial charge < -0.3 is 11.5 Å². The summed E-state index contributed by atoms with van der Waals surface area (Å²) in [5, 5.41) is 0.297. The number of hydrogen-bond acceptors (Lipinski definition) is 2. The molecule has 1 amide bonds. The second kappa shape index (κ2) is 3.03. The highest BCUT2D eigenvalue weighted by Gasteiger charge is 2.11. The minimum absolute atomic E-state index is 0.205. The third-order valence-corrected chi connectivity index (χ3v) is 1.97. The molecule has 1 rings (SSSR count). The van der Waals surface area contributed by atoms with Gasteiger partial charge in [0.25, 0.3) is 5.91 Å². The molecular formula is C8H9ClN2O. The molecule has 12 heavy (non-hydrogen) atoms. The number of benzene rings is 1. The van der Waals surface area contributed by atoms with Crippen molar-refractivity contribution in [2.45, 2.75) is 6.92 Å². The van der Waals surface area contributed by atoms with Crippen molar-refractivity contribution in [2.24, 2.45) is 5.73 Å². The predicted molar refractivity (Wildman–Crippen MR) is 49.1 cm³/mol. The summed E-state index contributed by atoms with van der Waals surface area (Å²) in [6.45, 7) is 1.79. The van der Waals surface area contributed by atoms with Gasteiger partial charge in [-0.25, -0.2) is 0 Å². The van der Waals surface area contributed by atoms with Gasteiger partial charge in [-0.05, 0) is 18.6 Å². The van der Waals surface area contributed by atoms with Gasteiger partial charge in [0.2, 0.25) is 0 Å². The molecular weight excluding hydrogens is 176 g/mol. The highest BCUT2D eigenvalue weighted by molar-refractivity contribution is 6.34. The largest absolute Gasteiger partial charge is 0.398 e. The van der Waals surface area contributed by atoms with Crippen molar-refractivity contribution >= 4 is 23.2 Å². The second-order valence-corrected chi connectivity index (χ2v) is 2.92. The lowest BCUT2D eigenvalue weighted by Crippen LogP contribution is -2.14. The van der Waals surface area contributed by atoms with E-state index >= 15 is 0 Å². The number of carbonyl (C=O) groups is 1. The van der Waals surface area contributed by atoms with Gasteiger partial charge in [-0.1, -0.05) is 17.7 Å². The second-order valence-electron chi connectivity index (χ2n) is 2.52. The molecule has 0 saturated heterocycles. The molecule has 0 unspecified atom stereocenters. The van der Waals surface area contributed by atoms with E-state index in [0.29, 0.717) is 10.7 Å². The van der Waals surface area contributed by atoms with Gasteiger partial charge >= 0.3 is 0 Å². The van der Waals surface area contributed by atoms with Gasteiger partial charge in [-0.2, -0.15) is 0 Å². The van der Waals surface area contributed by atoms with E-state index in [9.17, 15) is 4.79 Å². The van der Waals surface area contributed by atoms with Gasteiger partial charge in [-0.15, -0.1) is 0 Å². The van der Waals surface area contributed by atoms with Crippen LogP contribution >= 0.6 is 11.6 Å². The lowest BCUT2D eigenvalue weighted by atomic mass is 10.1. The standard InChI is InChI=1S/C8H9ClN2O/c1-4-2-3-5(9)6(7(4)10)8(11)12/h2-3H,10H2,1H3,(H2,11,12). The average molecular weight is 185 g/mol. The van der Waals surface area contributed by atoms with Crippen LogP contribution in [0, 0.1) is 6.92 Å². The van der Waals surface area contributed by atoms with E-state index in [0.717, 1.165) is 5.56 Å². The minimum Gasteiger partial charge on any atom is -0.398 e. The lowest BCUT2D eigenvalue weighted by molar-refractivity contribution is 0.100. The van der Waals surface area contributed by atoms with Crippen molar-refractivity contribution in [3.8, 4) is 0 Å². The van der Waals surface area contributed by atoms with Gasteiger partial charge in [0.15, 0.2) is 0 Å². The van der Waals surface area contributed by atoms with Crippen LogP contribution in [-0.4, -0.2) is 5.91 Å². The van der Waals surface area contributed by atoms with Crippen LogP contribution < -0.4 is 11.5 Å². The fraction of sp³-hybridized carbons (Fsp3) is 0.125. The maximum Gasteiger partial charge on any atom is 0.252 e. The quantitative estimate of drug-likeness (QED) is 0.647. The van der Waals surface area contributed by atoms with E-state index < -0.39 is 5.91 Å². The van der Waals surface area contributed by atoms with Crippen molar-refractivity contribution in [1.82, 2.24) is 0 Å². The van der Waals surface area contributed by atoms with Crippen LogP contribution in [0.25, 0.3) is 0 Å². The summed E-state index contributed by atoms with van der Waals surface area (Å²) in [6.07, 6.45) is 0. The summed E-state index contributed by atoms with van der Waals surface area (Å²) in [5.74, 6) is -0.596. The summed E-state index contributed by atoms with van der Waals surface area (Å²) in [4.78, 5) is 10.9. The number of primary amides is 1. The van der Waals surface area contributed by atoms with E-state index in [1.54, 1.807) is 19.1 Å². The molecule has 0 saturated carbocycles. The molecule has 0 fully saturated rings. The molecule has 4 heteroatoms. The number of carbonyl (C=O) groups excluding carboxylic acids is 1. The van der Waals surface area contributed by atoms with Crippen LogP contribution in [0.5, 0.6) is 0 Å². The Morgan fingerprint density at radius 1 is 1.50 bits per heavy atom. The van der Waals surface area contributed by atoms with Crippen LogP contribution in [0.15, 0.2) is 12.1 Å². The molecule has 0 aliphatic carbocycles. The van der Waals surface area contributed by atoms with Gasteiger partial charge in [0, 0.05) is 5.69 Å². The Hall–Kier alpha value is -1.22. The first kappa shape index (κ1) is 8.87. The maximum absolute atomic E-state index is 10.9. The fourth-order valence-electron chi connectivity index (χ4n) is 0.948. The molecule has 0 aliphatic rings.